The first kappa shape index (κ1) is 27.3. The molecule has 8 nitrogen and oxygen atoms in total. The largest absolute Gasteiger partial charge is 0.465 e. The number of piperidine rings is 1. The van der Waals surface area contributed by atoms with Crippen LogP contribution in [0.1, 0.15) is 122 Å². The molecule has 1 N–H and O–H groups in total. The van der Waals surface area contributed by atoms with Gasteiger partial charge in [0.25, 0.3) is 0 Å². The summed E-state index contributed by atoms with van der Waals surface area (Å²) in [5.41, 5.74) is 0. The molecule has 3 fully saturated rings. The van der Waals surface area contributed by atoms with Gasteiger partial charge in [-0.2, -0.15) is 0 Å². The fourth-order valence-electron chi connectivity index (χ4n) is 7.02. The topological polar surface area (TPSA) is 89.3 Å². The monoisotopic (exact) mass is 541 g/mol. The van der Waals surface area contributed by atoms with E-state index >= 15 is 0 Å². The molecule has 2 aliphatic heterocycles. The van der Waals surface area contributed by atoms with Crippen LogP contribution in [0.4, 0.5) is 0 Å². The first-order valence-corrected chi connectivity index (χ1v) is 15.3. The van der Waals surface area contributed by atoms with Crippen molar-refractivity contribution >= 4 is 23.2 Å². The van der Waals surface area contributed by atoms with E-state index in [0.29, 0.717) is 28.9 Å². The van der Waals surface area contributed by atoms with E-state index in [2.05, 4.69) is 45.8 Å². The molecule has 1 unspecified atom stereocenters. The number of nitrogens with zero attached hydrogens (tertiary/aromatic N) is 4. The zero-order valence-corrected chi connectivity index (χ0v) is 24.1. The molecule has 0 aromatic carbocycles. The number of thiophene rings is 1. The summed E-state index contributed by atoms with van der Waals surface area (Å²) < 4.78 is 7.34. The summed E-state index contributed by atoms with van der Waals surface area (Å²) in [7, 11) is 1.41. The van der Waals surface area contributed by atoms with Crippen LogP contribution in [0.15, 0.2) is 12.1 Å². The number of fused-ring (bicyclic) bond motifs is 2. The number of ether oxygens (including phenoxy) is 1. The van der Waals surface area contributed by atoms with Crippen LogP contribution in [0, 0.1) is 12.8 Å². The van der Waals surface area contributed by atoms with Gasteiger partial charge in [-0.15, -0.1) is 21.5 Å². The normalized spacial score (nSPS) is 25.0. The maximum atomic E-state index is 13.2. The lowest BCUT2D eigenvalue weighted by molar-refractivity contribution is -0.126. The van der Waals surface area contributed by atoms with Crippen LogP contribution in [0.25, 0.3) is 0 Å². The molecule has 208 valence electrons. The van der Waals surface area contributed by atoms with Gasteiger partial charge in [0.2, 0.25) is 5.91 Å². The molecule has 2 aromatic heterocycles. The Morgan fingerprint density at radius 2 is 1.76 bits per heavy atom. The molecule has 4 heterocycles. The number of hydrogen-bond acceptors (Lipinski definition) is 7. The van der Waals surface area contributed by atoms with Crippen molar-refractivity contribution in [3.05, 3.63) is 33.5 Å². The highest BCUT2D eigenvalue weighted by Gasteiger charge is 2.42. The molecule has 2 saturated heterocycles. The number of carbonyl (C=O) groups excluding carboxylic acids is 2. The second-order valence-corrected chi connectivity index (χ2v) is 12.9. The van der Waals surface area contributed by atoms with E-state index in [4.69, 9.17) is 4.74 Å². The lowest BCUT2D eigenvalue weighted by atomic mass is 9.88. The van der Waals surface area contributed by atoms with Crippen molar-refractivity contribution in [1.29, 1.82) is 0 Å². The molecule has 3 aliphatic rings. The highest BCUT2D eigenvalue weighted by molar-refractivity contribution is 7.14. The van der Waals surface area contributed by atoms with E-state index < -0.39 is 0 Å². The van der Waals surface area contributed by atoms with E-state index in [9.17, 15) is 9.59 Å². The molecule has 1 aliphatic carbocycles. The van der Waals surface area contributed by atoms with Crippen molar-refractivity contribution in [3.8, 4) is 0 Å². The summed E-state index contributed by atoms with van der Waals surface area (Å²) in [5, 5.41) is 12.3. The van der Waals surface area contributed by atoms with Gasteiger partial charge in [0.15, 0.2) is 0 Å². The van der Waals surface area contributed by atoms with E-state index in [1.54, 1.807) is 0 Å². The average Bonchev–Trinajstić information content (AvgIpc) is 3.62. The molecule has 1 saturated carbocycles. The highest BCUT2D eigenvalue weighted by Crippen LogP contribution is 2.42. The molecule has 1 amide bonds. The Bertz CT molecular complexity index is 1110. The van der Waals surface area contributed by atoms with E-state index in [0.717, 1.165) is 68.0 Å². The summed E-state index contributed by atoms with van der Waals surface area (Å²) in [4.78, 5) is 29.7. The number of aromatic nitrogens is 3. The van der Waals surface area contributed by atoms with Gasteiger partial charge >= 0.3 is 5.97 Å². The minimum absolute atomic E-state index is 0.0856. The summed E-state index contributed by atoms with van der Waals surface area (Å²) in [6, 6.07) is 5.28. The minimum atomic E-state index is -0.316. The summed E-state index contributed by atoms with van der Waals surface area (Å²) in [5.74, 6) is 2.46. The Morgan fingerprint density at radius 3 is 2.42 bits per heavy atom. The van der Waals surface area contributed by atoms with Crippen molar-refractivity contribution in [3.63, 3.8) is 0 Å². The van der Waals surface area contributed by atoms with Gasteiger partial charge in [-0.25, -0.2) is 4.79 Å². The second-order valence-electron chi connectivity index (χ2n) is 11.8. The van der Waals surface area contributed by atoms with Gasteiger partial charge in [-0.3, -0.25) is 9.69 Å². The number of amides is 1. The first-order valence-electron chi connectivity index (χ1n) is 14.5. The van der Waals surface area contributed by atoms with Gasteiger partial charge in [-0.05, 0) is 64.0 Å². The molecule has 0 radical (unpaired) electrons. The summed E-state index contributed by atoms with van der Waals surface area (Å²) >= 11 is 1.45. The SMILES string of the molecule is COC(=O)c1ccc([C@H](CCN2[C@@H]3CC[C@H]2CC(n2c(C)nnc2C(C)C)C3)NC(=O)C2CCCCC2)s1. The summed E-state index contributed by atoms with van der Waals surface area (Å²) in [6.07, 6.45) is 11.0. The van der Waals surface area contributed by atoms with Gasteiger partial charge in [0, 0.05) is 41.4 Å². The molecule has 2 bridgehead atoms. The Hall–Kier alpha value is -2.26. The lowest BCUT2D eigenvalue weighted by Gasteiger charge is -2.40. The smallest absolute Gasteiger partial charge is 0.348 e. The molecule has 2 aromatic rings. The Kier molecular flexibility index (Phi) is 8.53. The number of carbonyl (C=O) groups is 2. The van der Waals surface area contributed by atoms with Gasteiger partial charge in [0.1, 0.15) is 16.5 Å². The molecule has 38 heavy (non-hydrogen) atoms. The number of esters is 1. The number of rotatable bonds is 9. The standard InChI is InChI=1S/C29H43N5O3S/c1-18(2)27-32-31-19(3)34(27)23-16-21-10-11-22(17-23)33(21)15-14-24(25-12-13-26(38-25)29(36)37-4)30-28(35)20-8-6-5-7-9-20/h12-13,18,20-24H,5-11,14-17H2,1-4H3,(H,30,35)/t21-,22+,23?,24-/m0/s1. The van der Waals surface area contributed by atoms with Crippen LogP contribution in [0.3, 0.4) is 0 Å². The zero-order valence-electron chi connectivity index (χ0n) is 23.3. The fourth-order valence-corrected chi connectivity index (χ4v) is 8.03. The second kappa shape index (κ2) is 11.9. The molecule has 9 heteroatoms. The third-order valence-electron chi connectivity index (χ3n) is 8.96. The van der Waals surface area contributed by atoms with E-state index in [-0.39, 0.29) is 23.8 Å². The van der Waals surface area contributed by atoms with E-state index in [1.165, 1.54) is 37.7 Å². The van der Waals surface area contributed by atoms with Crippen LogP contribution in [-0.4, -0.2) is 57.3 Å². The Labute approximate surface area is 230 Å². The van der Waals surface area contributed by atoms with Gasteiger partial charge < -0.3 is 14.6 Å². The summed E-state index contributed by atoms with van der Waals surface area (Å²) in [6.45, 7) is 7.42. The number of aryl methyl sites for hydroxylation is 1. The predicted molar refractivity (Wildman–Crippen MR) is 148 cm³/mol. The van der Waals surface area contributed by atoms with Crippen molar-refractivity contribution in [2.24, 2.45) is 5.92 Å². The van der Waals surface area contributed by atoms with Crippen molar-refractivity contribution in [2.45, 2.75) is 115 Å². The van der Waals surface area contributed by atoms with Crippen LogP contribution < -0.4 is 5.32 Å². The third-order valence-corrected chi connectivity index (χ3v) is 10.1. The third kappa shape index (κ3) is 5.69. The molecular weight excluding hydrogens is 498 g/mol. The number of hydrogen-bond donors (Lipinski definition) is 1. The molecular formula is C29H43N5O3S. The van der Waals surface area contributed by atoms with Crippen LogP contribution in [0.2, 0.25) is 0 Å². The van der Waals surface area contributed by atoms with Crippen molar-refractivity contribution in [2.75, 3.05) is 13.7 Å². The average molecular weight is 542 g/mol. The maximum Gasteiger partial charge on any atom is 0.348 e. The highest BCUT2D eigenvalue weighted by atomic mass is 32.1. The lowest BCUT2D eigenvalue weighted by Crippen LogP contribution is -2.45. The van der Waals surface area contributed by atoms with Crippen molar-refractivity contribution in [1.82, 2.24) is 25.0 Å². The van der Waals surface area contributed by atoms with Crippen LogP contribution in [-0.2, 0) is 9.53 Å². The number of nitrogens with one attached hydrogen (secondary N) is 1. The Balaban J connectivity index is 1.28. The molecule has 5 rings (SSSR count). The fraction of sp³-hybridized carbons (Fsp3) is 0.724. The zero-order chi connectivity index (χ0) is 26.8. The molecule has 0 spiro atoms. The first-order chi connectivity index (χ1) is 18.4. The maximum absolute atomic E-state index is 13.2. The molecule has 4 atom stereocenters. The Morgan fingerprint density at radius 1 is 1.05 bits per heavy atom. The van der Waals surface area contributed by atoms with E-state index in [1.807, 2.05) is 12.1 Å². The quantitative estimate of drug-likeness (QED) is 0.419. The van der Waals surface area contributed by atoms with Crippen LogP contribution >= 0.6 is 11.3 Å². The predicted octanol–water partition coefficient (Wildman–Crippen LogP) is 5.55. The number of methoxy groups -OCH3 is 1. The van der Waals surface area contributed by atoms with Crippen molar-refractivity contribution < 1.29 is 14.3 Å². The van der Waals surface area contributed by atoms with Gasteiger partial charge in [-0.1, -0.05) is 33.1 Å². The van der Waals surface area contributed by atoms with Crippen LogP contribution in [0.5, 0.6) is 0 Å². The minimum Gasteiger partial charge on any atom is -0.465 e. The van der Waals surface area contributed by atoms with Gasteiger partial charge in [0.05, 0.1) is 13.2 Å².